The third-order valence-electron chi connectivity index (χ3n) is 3.71. The number of hydrogen-bond donors (Lipinski definition) is 0. The Hall–Kier alpha value is -2.63. The van der Waals surface area contributed by atoms with Gasteiger partial charge in [-0.25, -0.2) is 0 Å². The molecule has 0 aliphatic heterocycles. The fourth-order valence-corrected chi connectivity index (χ4v) is 2.57. The molecule has 21 heavy (non-hydrogen) atoms. The second-order valence-corrected chi connectivity index (χ2v) is 5.01. The summed E-state index contributed by atoms with van der Waals surface area (Å²) in [5.74, 6) is 0. The van der Waals surface area contributed by atoms with Gasteiger partial charge in [-0.1, -0.05) is 13.0 Å². The molecular formula is C15H16N4O2. The molecule has 2 aromatic heterocycles. The monoisotopic (exact) mass is 284 g/mol. The normalized spacial score (nSPS) is 11.1. The predicted molar refractivity (Wildman–Crippen MR) is 80.3 cm³/mol. The van der Waals surface area contributed by atoms with E-state index in [4.69, 9.17) is 0 Å². The molecule has 108 valence electrons. The number of rotatable bonds is 4. The molecule has 0 radical (unpaired) electrons. The van der Waals surface area contributed by atoms with Gasteiger partial charge in [-0.2, -0.15) is 5.10 Å². The highest BCUT2D eigenvalue weighted by Crippen LogP contribution is 2.26. The number of nitro benzene ring substituents is 1. The van der Waals surface area contributed by atoms with Crippen LogP contribution < -0.4 is 0 Å². The Bertz CT molecular complexity index is 816. The summed E-state index contributed by atoms with van der Waals surface area (Å²) in [4.78, 5) is 10.7. The molecule has 6 heteroatoms. The van der Waals surface area contributed by atoms with Gasteiger partial charge in [-0.3, -0.25) is 14.8 Å². The van der Waals surface area contributed by atoms with Crippen molar-refractivity contribution >= 4 is 16.6 Å². The lowest BCUT2D eigenvalue weighted by Crippen LogP contribution is -2.04. The summed E-state index contributed by atoms with van der Waals surface area (Å²) < 4.78 is 3.88. The molecule has 0 saturated carbocycles. The van der Waals surface area contributed by atoms with Crippen molar-refractivity contribution in [2.45, 2.75) is 19.9 Å². The highest BCUT2D eigenvalue weighted by atomic mass is 16.6. The van der Waals surface area contributed by atoms with Crippen molar-refractivity contribution in [3.63, 3.8) is 0 Å². The Kier molecular flexibility index (Phi) is 3.21. The molecule has 3 rings (SSSR count). The van der Waals surface area contributed by atoms with Crippen LogP contribution in [0.25, 0.3) is 10.9 Å². The second kappa shape index (κ2) is 5.05. The minimum atomic E-state index is -0.341. The number of benzene rings is 1. The summed E-state index contributed by atoms with van der Waals surface area (Å²) in [5, 5.41) is 16.2. The topological polar surface area (TPSA) is 65.9 Å². The van der Waals surface area contributed by atoms with Gasteiger partial charge in [0.25, 0.3) is 5.69 Å². The quantitative estimate of drug-likeness (QED) is 0.546. The van der Waals surface area contributed by atoms with E-state index >= 15 is 0 Å². The molecule has 0 fully saturated rings. The molecule has 0 aliphatic rings. The number of non-ortho nitro benzene ring substituents is 1. The third-order valence-corrected chi connectivity index (χ3v) is 3.71. The lowest BCUT2D eigenvalue weighted by atomic mass is 10.2. The summed E-state index contributed by atoms with van der Waals surface area (Å²) in [5.41, 5.74) is 3.14. The molecular weight excluding hydrogens is 268 g/mol. The van der Waals surface area contributed by atoms with Crippen LogP contribution in [0.5, 0.6) is 0 Å². The molecule has 3 aromatic rings. The predicted octanol–water partition coefficient (Wildman–Crippen LogP) is 2.89. The zero-order valence-corrected chi connectivity index (χ0v) is 12.0. The van der Waals surface area contributed by atoms with E-state index in [1.807, 2.05) is 28.6 Å². The third kappa shape index (κ3) is 2.29. The van der Waals surface area contributed by atoms with Crippen molar-refractivity contribution in [2.75, 3.05) is 0 Å². The first-order valence-corrected chi connectivity index (χ1v) is 6.84. The van der Waals surface area contributed by atoms with Crippen molar-refractivity contribution in [3.8, 4) is 0 Å². The van der Waals surface area contributed by atoms with Crippen LogP contribution in [0.3, 0.4) is 0 Å². The highest BCUT2D eigenvalue weighted by molar-refractivity contribution is 5.89. The zero-order chi connectivity index (χ0) is 15.0. The first-order valence-electron chi connectivity index (χ1n) is 6.84. The van der Waals surface area contributed by atoms with Gasteiger partial charge in [0, 0.05) is 19.3 Å². The van der Waals surface area contributed by atoms with Gasteiger partial charge in [0.2, 0.25) is 0 Å². The van der Waals surface area contributed by atoms with Gasteiger partial charge in [0.1, 0.15) is 0 Å². The van der Waals surface area contributed by atoms with Gasteiger partial charge in [0.15, 0.2) is 0 Å². The number of aromatic nitrogens is 3. The van der Waals surface area contributed by atoms with Gasteiger partial charge >= 0.3 is 0 Å². The van der Waals surface area contributed by atoms with Crippen molar-refractivity contribution in [2.24, 2.45) is 7.05 Å². The second-order valence-electron chi connectivity index (χ2n) is 5.01. The summed E-state index contributed by atoms with van der Waals surface area (Å²) in [6, 6.07) is 9.02. The van der Waals surface area contributed by atoms with Crippen LogP contribution in [0.2, 0.25) is 0 Å². The smallest absolute Gasteiger partial charge is 0.278 e. The van der Waals surface area contributed by atoms with Crippen LogP contribution in [0, 0.1) is 10.1 Å². The van der Waals surface area contributed by atoms with Crippen molar-refractivity contribution < 1.29 is 4.92 Å². The minimum absolute atomic E-state index is 0.144. The lowest BCUT2D eigenvalue weighted by molar-refractivity contribution is -0.383. The number of hydrogen-bond acceptors (Lipinski definition) is 3. The van der Waals surface area contributed by atoms with Crippen LogP contribution in [-0.4, -0.2) is 19.3 Å². The maximum atomic E-state index is 11.1. The van der Waals surface area contributed by atoms with E-state index in [9.17, 15) is 10.1 Å². The summed E-state index contributed by atoms with van der Waals surface area (Å²) in [6.45, 7) is 2.72. The van der Waals surface area contributed by atoms with Gasteiger partial charge in [-0.05, 0) is 24.6 Å². The molecule has 0 unspecified atom stereocenters. The summed E-state index contributed by atoms with van der Waals surface area (Å²) >= 11 is 0. The zero-order valence-electron chi connectivity index (χ0n) is 12.0. The molecule has 0 bridgehead atoms. The summed E-state index contributed by atoms with van der Waals surface area (Å²) in [6.07, 6.45) is 2.78. The number of aryl methyl sites for hydroxylation is 2. The largest absolute Gasteiger partial charge is 0.341 e. The molecule has 0 saturated heterocycles. The summed E-state index contributed by atoms with van der Waals surface area (Å²) in [7, 11) is 1.92. The van der Waals surface area contributed by atoms with Crippen LogP contribution in [0.1, 0.15) is 18.3 Å². The molecule has 0 aliphatic carbocycles. The molecule has 0 spiro atoms. The Morgan fingerprint density at radius 2 is 2.14 bits per heavy atom. The lowest BCUT2D eigenvalue weighted by Gasteiger charge is -2.05. The van der Waals surface area contributed by atoms with E-state index in [-0.39, 0.29) is 10.6 Å². The van der Waals surface area contributed by atoms with Crippen molar-refractivity contribution in [1.29, 1.82) is 0 Å². The molecule has 6 nitrogen and oxygen atoms in total. The fraction of sp³-hybridized carbons (Fsp3) is 0.267. The van der Waals surface area contributed by atoms with Gasteiger partial charge < -0.3 is 4.57 Å². The highest BCUT2D eigenvalue weighted by Gasteiger charge is 2.14. The molecule has 0 amide bonds. The van der Waals surface area contributed by atoms with Crippen LogP contribution in [0.4, 0.5) is 5.69 Å². The van der Waals surface area contributed by atoms with Crippen LogP contribution in [-0.2, 0) is 20.0 Å². The number of nitrogens with zero attached hydrogens (tertiary/aromatic N) is 4. The van der Waals surface area contributed by atoms with Crippen molar-refractivity contribution in [1.82, 2.24) is 14.3 Å². The van der Waals surface area contributed by atoms with Gasteiger partial charge in [0.05, 0.1) is 33.8 Å². The van der Waals surface area contributed by atoms with E-state index < -0.39 is 0 Å². The average Bonchev–Trinajstić information content (AvgIpc) is 3.03. The Balaban J connectivity index is 2.03. The maximum absolute atomic E-state index is 11.1. The van der Waals surface area contributed by atoms with E-state index in [1.165, 1.54) is 6.07 Å². The molecule has 0 atom stereocenters. The van der Waals surface area contributed by atoms with Crippen LogP contribution >= 0.6 is 0 Å². The Morgan fingerprint density at radius 1 is 1.33 bits per heavy atom. The van der Waals surface area contributed by atoms with Crippen LogP contribution in [0.15, 0.2) is 36.5 Å². The Morgan fingerprint density at radius 3 is 2.81 bits per heavy atom. The molecule has 0 N–H and O–H groups in total. The van der Waals surface area contributed by atoms with E-state index in [0.29, 0.717) is 11.9 Å². The first kappa shape index (κ1) is 13.4. The van der Waals surface area contributed by atoms with Gasteiger partial charge in [-0.15, -0.1) is 0 Å². The Labute approximate surface area is 121 Å². The molecule has 1 aromatic carbocycles. The van der Waals surface area contributed by atoms with E-state index in [2.05, 4.69) is 18.1 Å². The fourth-order valence-electron chi connectivity index (χ4n) is 2.57. The van der Waals surface area contributed by atoms with Crippen molar-refractivity contribution in [3.05, 3.63) is 58.0 Å². The minimum Gasteiger partial charge on any atom is -0.341 e. The maximum Gasteiger partial charge on any atom is 0.278 e. The molecule has 2 heterocycles. The average molecular weight is 284 g/mol. The van der Waals surface area contributed by atoms with E-state index in [0.717, 1.165) is 23.3 Å². The van der Waals surface area contributed by atoms with E-state index in [1.54, 1.807) is 12.1 Å². The number of nitro groups is 1. The first-order chi connectivity index (χ1) is 10.1. The standard InChI is InChI=1S/C15H16N4O2/c1-3-11-9-12(17(2)16-11)10-18-8-7-13-14(18)5-4-6-15(13)19(20)21/h4-9H,3,10H2,1-2H3. The number of fused-ring (bicyclic) bond motifs is 1. The SMILES string of the molecule is CCc1cc(Cn2ccc3c([N+](=O)[O-])cccc32)n(C)n1.